The summed E-state index contributed by atoms with van der Waals surface area (Å²) in [5.74, 6) is 0. The second kappa shape index (κ2) is 12.4. The quantitative estimate of drug-likeness (QED) is 0.225. The summed E-state index contributed by atoms with van der Waals surface area (Å²) in [7, 11) is 0. The molecule has 0 saturated heterocycles. The zero-order chi connectivity index (χ0) is 22.2. The molecule has 0 atom stereocenters. The molecular weight excluding hydrogens is 606 g/mol. The van der Waals surface area contributed by atoms with E-state index in [-0.39, 0.29) is 20.1 Å². The van der Waals surface area contributed by atoms with Crippen LogP contribution in [-0.4, -0.2) is 16.4 Å². The third-order valence-corrected chi connectivity index (χ3v) is 5.18. The Morgan fingerprint density at radius 2 is 1.70 bits per heavy atom. The third-order valence-electron chi connectivity index (χ3n) is 4.95. The van der Waals surface area contributed by atoms with Crippen molar-refractivity contribution in [3.63, 3.8) is 0 Å². The second-order valence-corrected chi connectivity index (χ2v) is 7.55. The molecule has 0 fully saturated rings. The number of aromatic nitrogens is 1. The molecule has 1 aromatic heterocycles. The van der Waals surface area contributed by atoms with Crippen molar-refractivity contribution in [2.75, 3.05) is 11.4 Å². The van der Waals surface area contributed by atoms with Crippen LogP contribution >= 0.6 is 11.6 Å². The summed E-state index contributed by atoms with van der Waals surface area (Å²) in [5.41, 5.74) is 5.30. The molecule has 0 aliphatic carbocycles. The molecule has 3 aromatic carbocycles. The van der Waals surface area contributed by atoms with Gasteiger partial charge in [0.15, 0.2) is 0 Å². The SMILES string of the molecule is CCN1C=CN(c2[c-]cc(Cl)cc2)[CH-]1.[Ir+3].[c-]1ccccc1-c1ccc(-c2ccccc2)cn1. The molecule has 5 heteroatoms. The number of hydrogen-bond donors (Lipinski definition) is 0. The van der Waals surface area contributed by atoms with Gasteiger partial charge in [-0.15, -0.1) is 47.6 Å². The van der Waals surface area contributed by atoms with Crippen LogP contribution in [0.5, 0.6) is 0 Å². The average molecular weight is 629 g/mol. The molecule has 0 N–H and O–H groups in total. The first kappa shape index (κ1) is 24.7. The maximum absolute atomic E-state index is 5.79. The van der Waals surface area contributed by atoms with Gasteiger partial charge in [-0.3, -0.25) is 0 Å². The van der Waals surface area contributed by atoms with Crippen molar-refractivity contribution in [1.82, 2.24) is 9.88 Å². The first-order chi connectivity index (χ1) is 15.7. The second-order valence-electron chi connectivity index (χ2n) is 7.12. The summed E-state index contributed by atoms with van der Waals surface area (Å²) in [5, 5.41) is 0.712. The summed E-state index contributed by atoms with van der Waals surface area (Å²) in [6.45, 7) is 5.11. The fourth-order valence-electron chi connectivity index (χ4n) is 3.19. The van der Waals surface area contributed by atoms with E-state index in [2.05, 4.69) is 47.1 Å². The van der Waals surface area contributed by atoms with Crippen LogP contribution in [0.1, 0.15) is 6.92 Å². The molecule has 1 aliphatic rings. The van der Waals surface area contributed by atoms with Crippen molar-refractivity contribution in [2.45, 2.75) is 6.92 Å². The maximum Gasteiger partial charge on any atom is 3.00 e. The Labute approximate surface area is 214 Å². The van der Waals surface area contributed by atoms with Crippen LogP contribution in [0.25, 0.3) is 22.4 Å². The Bertz CT molecular complexity index is 1070. The van der Waals surface area contributed by atoms with Crippen LogP contribution in [0.15, 0.2) is 104 Å². The largest absolute Gasteiger partial charge is 3.00 e. The zero-order valence-electron chi connectivity index (χ0n) is 18.2. The van der Waals surface area contributed by atoms with E-state index in [1.165, 1.54) is 5.56 Å². The molecule has 0 unspecified atom stereocenters. The van der Waals surface area contributed by atoms with Gasteiger partial charge in [0, 0.05) is 6.20 Å². The minimum absolute atomic E-state index is 0. The van der Waals surface area contributed by atoms with Crippen LogP contribution in [-0.2, 0) is 20.1 Å². The van der Waals surface area contributed by atoms with Crippen molar-refractivity contribution in [1.29, 1.82) is 0 Å². The number of halogens is 1. The predicted octanol–water partition coefficient (Wildman–Crippen LogP) is 7.09. The van der Waals surface area contributed by atoms with Crippen molar-refractivity contribution < 1.29 is 20.1 Å². The topological polar surface area (TPSA) is 19.4 Å². The third kappa shape index (κ3) is 6.79. The van der Waals surface area contributed by atoms with Gasteiger partial charge in [-0.2, -0.15) is 36.5 Å². The van der Waals surface area contributed by atoms with E-state index in [1.807, 2.05) is 90.8 Å². The van der Waals surface area contributed by atoms with Crippen LogP contribution in [0.3, 0.4) is 0 Å². The molecule has 5 rings (SSSR count). The molecule has 0 bridgehead atoms. The molecule has 0 saturated carbocycles. The Balaban J connectivity index is 0.000000186. The van der Waals surface area contributed by atoms with Gasteiger partial charge in [-0.25, -0.2) is 0 Å². The molecule has 33 heavy (non-hydrogen) atoms. The smallest absolute Gasteiger partial charge is 0.508 e. The van der Waals surface area contributed by atoms with Crippen LogP contribution in [0.4, 0.5) is 5.69 Å². The number of pyridine rings is 1. The number of hydrogen-bond acceptors (Lipinski definition) is 3. The first-order valence-electron chi connectivity index (χ1n) is 10.5. The van der Waals surface area contributed by atoms with Gasteiger partial charge in [-0.05, 0) is 35.8 Å². The summed E-state index contributed by atoms with van der Waals surface area (Å²) < 4.78 is 0. The molecule has 0 radical (unpaired) electrons. The van der Waals surface area contributed by atoms with Crippen molar-refractivity contribution in [2.24, 2.45) is 0 Å². The standard InChI is InChI=1S/C17H12N.C11H11ClN2.Ir/c1-3-7-14(8-4-1)16-11-12-17(18-13-16)15-9-5-2-6-10-15;1-2-13-7-8-14(9-13)11-5-3-10(12)4-6-11;/h1-9,11-13H;3-5,7-9H,2H2,1H3;/q-1;-2;+3. The van der Waals surface area contributed by atoms with Gasteiger partial charge in [-0.1, -0.05) is 54.4 Å². The Morgan fingerprint density at radius 1 is 0.879 bits per heavy atom. The minimum atomic E-state index is 0. The fourth-order valence-corrected chi connectivity index (χ4v) is 3.31. The zero-order valence-corrected chi connectivity index (χ0v) is 21.3. The Hall–Kier alpha value is -2.91. The molecule has 4 aromatic rings. The van der Waals surface area contributed by atoms with E-state index in [0.717, 1.165) is 29.1 Å². The van der Waals surface area contributed by atoms with Gasteiger partial charge in [0.1, 0.15) is 0 Å². The molecule has 166 valence electrons. The average Bonchev–Trinajstić information content (AvgIpc) is 3.36. The van der Waals surface area contributed by atoms with Gasteiger partial charge >= 0.3 is 20.1 Å². The van der Waals surface area contributed by atoms with Gasteiger partial charge in [0.25, 0.3) is 0 Å². The Kier molecular flexibility index (Phi) is 9.26. The summed E-state index contributed by atoms with van der Waals surface area (Å²) >= 11 is 5.79. The minimum Gasteiger partial charge on any atom is -0.508 e. The van der Waals surface area contributed by atoms with E-state index in [4.69, 9.17) is 11.6 Å². The summed E-state index contributed by atoms with van der Waals surface area (Å²) in [6.07, 6.45) is 5.94. The van der Waals surface area contributed by atoms with E-state index in [1.54, 1.807) is 6.07 Å². The summed E-state index contributed by atoms with van der Waals surface area (Å²) in [6, 6.07) is 34.2. The van der Waals surface area contributed by atoms with Crippen molar-refractivity contribution >= 4 is 17.3 Å². The van der Waals surface area contributed by atoms with E-state index < -0.39 is 0 Å². The summed E-state index contributed by atoms with van der Waals surface area (Å²) in [4.78, 5) is 8.61. The number of nitrogens with zero attached hydrogens (tertiary/aromatic N) is 3. The normalized spacial score (nSPS) is 12.1. The predicted molar refractivity (Wildman–Crippen MR) is 133 cm³/mol. The maximum atomic E-state index is 5.79. The van der Waals surface area contributed by atoms with E-state index in [9.17, 15) is 0 Å². The molecule has 2 heterocycles. The van der Waals surface area contributed by atoms with Gasteiger partial charge in [0.05, 0.1) is 0 Å². The van der Waals surface area contributed by atoms with Crippen molar-refractivity contribution in [3.05, 3.63) is 127 Å². The van der Waals surface area contributed by atoms with Crippen LogP contribution in [0.2, 0.25) is 5.02 Å². The number of rotatable bonds is 4. The van der Waals surface area contributed by atoms with Gasteiger partial charge < -0.3 is 14.8 Å². The molecular formula is C28H23ClIrN3. The van der Waals surface area contributed by atoms with E-state index >= 15 is 0 Å². The van der Waals surface area contributed by atoms with Crippen molar-refractivity contribution in [3.8, 4) is 22.4 Å². The monoisotopic (exact) mass is 629 g/mol. The molecule has 0 amide bonds. The first-order valence-corrected chi connectivity index (χ1v) is 10.8. The van der Waals surface area contributed by atoms with Gasteiger partial charge in [0.2, 0.25) is 0 Å². The Morgan fingerprint density at radius 3 is 2.30 bits per heavy atom. The molecule has 0 spiro atoms. The van der Waals surface area contributed by atoms with Crippen LogP contribution < -0.4 is 4.90 Å². The van der Waals surface area contributed by atoms with E-state index in [0.29, 0.717) is 5.02 Å². The molecule has 1 aliphatic heterocycles. The fraction of sp³-hybridized carbons (Fsp3) is 0.0714. The molecule has 3 nitrogen and oxygen atoms in total. The number of benzene rings is 3. The number of anilines is 1. The van der Waals surface area contributed by atoms with Crippen LogP contribution in [0, 0.1) is 18.8 Å².